The average Bonchev–Trinajstić information content (AvgIpc) is 3.42. The molecule has 0 spiro atoms. The Morgan fingerprint density at radius 3 is 2.20 bits per heavy atom. The number of fused-ring (bicyclic) bond motifs is 1. The van der Waals surface area contributed by atoms with E-state index < -0.39 is 23.6 Å². The van der Waals surface area contributed by atoms with E-state index in [1.807, 2.05) is 30.5 Å². The molecule has 1 atom stereocenters. The van der Waals surface area contributed by atoms with Gasteiger partial charge in [0.25, 0.3) is 0 Å². The largest absolute Gasteiger partial charge is 0.467 e. The summed E-state index contributed by atoms with van der Waals surface area (Å²) >= 11 is 0. The Kier molecular flexibility index (Phi) is 9.34. The van der Waals surface area contributed by atoms with Gasteiger partial charge in [0.05, 0.1) is 7.11 Å². The van der Waals surface area contributed by atoms with Crippen molar-refractivity contribution in [2.24, 2.45) is 0 Å². The molecule has 208 valence electrons. The highest BCUT2D eigenvalue weighted by atomic mass is 16.5. The summed E-state index contributed by atoms with van der Waals surface area (Å²) in [7, 11) is 1.14. The van der Waals surface area contributed by atoms with Crippen molar-refractivity contribution in [2.45, 2.75) is 18.9 Å². The zero-order chi connectivity index (χ0) is 29.4. The molecule has 1 heterocycles. The number of carbonyl (C=O) groups is 4. The number of carbonyl (C=O) groups excluding carboxylic acids is 4. The molecule has 1 amide bonds. The molecule has 9 nitrogen and oxygen atoms in total. The van der Waals surface area contributed by atoms with E-state index in [1.165, 1.54) is 42.5 Å². The highest BCUT2D eigenvalue weighted by Gasteiger charge is 2.20. The minimum absolute atomic E-state index is 0.0140. The van der Waals surface area contributed by atoms with Gasteiger partial charge in [-0.05, 0) is 35.3 Å². The molecule has 4 aromatic rings. The quantitative estimate of drug-likeness (QED) is 0.0690. The van der Waals surface area contributed by atoms with Crippen LogP contribution in [0.15, 0.2) is 85.1 Å². The first-order valence-corrected chi connectivity index (χ1v) is 12.9. The molecule has 0 aliphatic carbocycles. The van der Waals surface area contributed by atoms with Crippen LogP contribution in [0.5, 0.6) is 0 Å². The second-order valence-electron chi connectivity index (χ2n) is 9.31. The van der Waals surface area contributed by atoms with E-state index in [0.29, 0.717) is 24.1 Å². The fourth-order valence-electron chi connectivity index (χ4n) is 4.25. The number of ether oxygens (including phenoxy) is 1. The molecule has 0 fully saturated rings. The van der Waals surface area contributed by atoms with Crippen LogP contribution in [0, 0.1) is 5.41 Å². The van der Waals surface area contributed by atoms with Gasteiger partial charge < -0.3 is 25.6 Å². The number of Topliss-reactive ketones (excluding diaryl/α,β-unsaturated/α-hetero) is 2. The van der Waals surface area contributed by atoms with Crippen LogP contribution < -0.4 is 5.32 Å². The third-order valence-electron chi connectivity index (χ3n) is 6.54. The van der Waals surface area contributed by atoms with Gasteiger partial charge in [-0.25, -0.2) is 4.79 Å². The maximum atomic E-state index is 12.7. The molecule has 0 aliphatic heterocycles. The molecule has 4 N–H and O–H groups in total. The smallest absolute Gasteiger partial charge is 0.335 e. The molecule has 9 heteroatoms. The fraction of sp³-hybridized carbons (Fsp3) is 0.156. The lowest BCUT2D eigenvalue weighted by Crippen LogP contribution is -2.25. The Bertz CT molecular complexity index is 1620. The van der Waals surface area contributed by atoms with E-state index >= 15 is 0 Å². The van der Waals surface area contributed by atoms with Gasteiger partial charge in [0.2, 0.25) is 17.5 Å². The monoisotopic (exact) mass is 551 g/mol. The van der Waals surface area contributed by atoms with Gasteiger partial charge in [-0.2, -0.15) is 0 Å². The second kappa shape index (κ2) is 13.3. The molecule has 41 heavy (non-hydrogen) atoms. The number of para-hydroxylation sites is 1. The molecule has 4 rings (SSSR count). The number of H-pyrrole nitrogens is 1. The summed E-state index contributed by atoms with van der Waals surface area (Å²) < 4.78 is 4.45. The van der Waals surface area contributed by atoms with Gasteiger partial charge in [0.15, 0.2) is 6.10 Å². The summed E-state index contributed by atoms with van der Waals surface area (Å²) in [5, 5.41) is 21.8. The fourth-order valence-corrected chi connectivity index (χ4v) is 4.25. The highest BCUT2D eigenvalue weighted by molar-refractivity contribution is 6.49. The Morgan fingerprint density at radius 2 is 1.54 bits per heavy atom. The Balaban J connectivity index is 1.28. The van der Waals surface area contributed by atoms with Crippen molar-refractivity contribution < 1.29 is 29.0 Å². The molecule has 1 unspecified atom stereocenters. The molecule has 0 bridgehead atoms. The van der Waals surface area contributed by atoms with Crippen LogP contribution >= 0.6 is 0 Å². The first-order valence-electron chi connectivity index (χ1n) is 12.9. The second-order valence-corrected chi connectivity index (χ2v) is 9.31. The number of hydrogen-bond donors (Lipinski definition) is 4. The first kappa shape index (κ1) is 28.8. The van der Waals surface area contributed by atoms with Crippen LogP contribution in [0.1, 0.15) is 43.8 Å². The minimum Gasteiger partial charge on any atom is -0.467 e. The van der Waals surface area contributed by atoms with E-state index in [2.05, 4.69) is 15.0 Å². The topological polar surface area (TPSA) is 149 Å². The third kappa shape index (κ3) is 7.28. The Labute approximate surface area is 236 Å². The maximum Gasteiger partial charge on any atom is 0.335 e. The molecule has 3 aromatic carbocycles. The molecule has 0 radical (unpaired) electrons. The van der Waals surface area contributed by atoms with Crippen molar-refractivity contribution in [3.63, 3.8) is 0 Å². The molecule has 0 saturated heterocycles. The van der Waals surface area contributed by atoms with Crippen molar-refractivity contribution >= 4 is 46.1 Å². The van der Waals surface area contributed by atoms with Crippen LogP contribution in [0.25, 0.3) is 17.0 Å². The van der Waals surface area contributed by atoms with Gasteiger partial charge >= 0.3 is 5.97 Å². The lowest BCUT2D eigenvalue weighted by Gasteiger charge is -2.10. The zero-order valence-electron chi connectivity index (χ0n) is 22.3. The summed E-state index contributed by atoms with van der Waals surface area (Å²) in [5.74, 6) is -2.49. The lowest BCUT2D eigenvalue weighted by molar-refractivity contribution is -0.149. The number of esters is 1. The van der Waals surface area contributed by atoms with Gasteiger partial charge in [0, 0.05) is 53.0 Å². The number of nitrogens with one attached hydrogen (secondary N) is 3. The average molecular weight is 552 g/mol. The van der Waals surface area contributed by atoms with Gasteiger partial charge in [-0.3, -0.25) is 14.4 Å². The van der Waals surface area contributed by atoms with Crippen LogP contribution in [0.2, 0.25) is 0 Å². The summed E-state index contributed by atoms with van der Waals surface area (Å²) in [4.78, 5) is 52.3. The number of aliphatic hydroxyl groups excluding tert-OH is 1. The lowest BCUT2D eigenvalue weighted by atomic mass is 9.97. The number of benzene rings is 3. The third-order valence-corrected chi connectivity index (χ3v) is 6.54. The summed E-state index contributed by atoms with van der Waals surface area (Å²) in [5.41, 5.74) is 3.61. The Hall–Kier alpha value is -5.15. The number of ketones is 2. The van der Waals surface area contributed by atoms with Crippen molar-refractivity contribution in [3.8, 4) is 0 Å². The first-order chi connectivity index (χ1) is 19.8. The summed E-state index contributed by atoms with van der Waals surface area (Å²) in [6, 6.07) is 20.1. The zero-order valence-corrected chi connectivity index (χ0v) is 22.3. The van der Waals surface area contributed by atoms with E-state index in [-0.39, 0.29) is 29.2 Å². The SMILES string of the molecule is COC(=O)C(O)CC(=N)c1ccc(C(=O)C(=O)c2ccc(/C=C/C(=O)NCCc3c[nH]c4ccccc34)cc2)cc1. The van der Waals surface area contributed by atoms with Gasteiger partial charge in [-0.1, -0.05) is 66.7 Å². The number of amides is 1. The van der Waals surface area contributed by atoms with Crippen LogP contribution in [-0.4, -0.2) is 59.0 Å². The van der Waals surface area contributed by atoms with Crippen LogP contribution in [-0.2, 0) is 20.7 Å². The number of aromatic nitrogens is 1. The van der Waals surface area contributed by atoms with Crippen molar-refractivity contribution in [3.05, 3.63) is 113 Å². The van der Waals surface area contributed by atoms with E-state index in [1.54, 1.807) is 18.2 Å². The van der Waals surface area contributed by atoms with Gasteiger partial charge in [0.1, 0.15) is 0 Å². The number of rotatable bonds is 12. The molecular weight excluding hydrogens is 522 g/mol. The van der Waals surface area contributed by atoms with E-state index in [9.17, 15) is 24.3 Å². The molecule has 0 saturated carbocycles. The van der Waals surface area contributed by atoms with Gasteiger partial charge in [-0.15, -0.1) is 0 Å². The molecular formula is C32H29N3O6. The predicted octanol–water partition coefficient (Wildman–Crippen LogP) is 3.90. The van der Waals surface area contributed by atoms with E-state index in [0.717, 1.165) is 23.6 Å². The van der Waals surface area contributed by atoms with Crippen molar-refractivity contribution in [1.82, 2.24) is 10.3 Å². The molecule has 0 aliphatic rings. The number of methoxy groups -OCH3 is 1. The summed E-state index contributed by atoms with van der Waals surface area (Å²) in [6.45, 7) is 0.484. The standard InChI is InChI=1S/C32H29N3O6/c1-41-32(40)28(36)18-26(33)21-11-13-23(14-12-21)31(39)30(38)22-9-6-20(7-10-22)8-15-29(37)34-17-16-24-19-35-27-5-3-2-4-25(24)27/h2-15,19,28,33,35-36H,16-18H2,1H3,(H,34,37)/b15-8+,33-26?. The highest BCUT2D eigenvalue weighted by Crippen LogP contribution is 2.18. The summed E-state index contributed by atoms with van der Waals surface area (Å²) in [6.07, 6.45) is 3.98. The maximum absolute atomic E-state index is 12.7. The van der Waals surface area contributed by atoms with Crippen LogP contribution in [0.4, 0.5) is 0 Å². The minimum atomic E-state index is -1.46. The van der Waals surface area contributed by atoms with E-state index in [4.69, 9.17) is 5.41 Å². The molecule has 1 aromatic heterocycles. The number of aliphatic hydroxyl groups is 1. The predicted molar refractivity (Wildman–Crippen MR) is 155 cm³/mol. The number of aromatic amines is 1. The van der Waals surface area contributed by atoms with Crippen LogP contribution in [0.3, 0.4) is 0 Å². The van der Waals surface area contributed by atoms with Crippen molar-refractivity contribution in [1.29, 1.82) is 5.41 Å². The Morgan fingerprint density at radius 1 is 0.927 bits per heavy atom. The normalized spacial score (nSPS) is 11.8. The van der Waals surface area contributed by atoms with Crippen molar-refractivity contribution in [2.75, 3.05) is 13.7 Å². The number of hydrogen-bond acceptors (Lipinski definition) is 7.